The highest BCUT2D eigenvalue weighted by Crippen LogP contribution is 2.27. The third kappa shape index (κ3) is 5.67. The van der Waals surface area contributed by atoms with Crippen LogP contribution in [0.3, 0.4) is 0 Å². The molecular weight excluding hydrogens is 308 g/mol. The Morgan fingerprint density at radius 2 is 2.00 bits per heavy atom. The average molecular weight is 328 g/mol. The van der Waals surface area contributed by atoms with Crippen LogP contribution in [0.1, 0.15) is 30.6 Å². The molecule has 0 saturated carbocycles. The zero-order valence-corrected chi connectivity index (χ0v) is 13.3. The number of benzene rings is 1. The van der Waals surface area contributed by atoms with Crippen molar-refractivity contribution in [3.8, 4) is 5.75 Å². The van der Waals surface area contributed by atoms with Gasteiger partial charge in [-0.15, -0.1) is 0 Å². The van der Waals surface area contributed by atoms with Crippen LogP contribution in [-0.2, 0) is 16.0 Å². The first-order valence-electron chi connectivity index (χ1n) is 6.73. The van der Waals surface area contributed by atoms with Gasteiger partial charge in [0.25, 0.3) is 0 Å². The number of hydrogen-bond donors (Lipinski definition) is 3. The Hall–Kier alpha value is -1.57. The van der Waals surface area contributed by atoms with Gasteiger partial charge in [-0.05, 0) is 18.1 Å². The van der Waals surface area contributed by atoms with Crippen molar-refractivity contribution < 1.29 is 29.6 Å². The molecule has 22 heavy (non-hydrogen) atoms. The molecule has 0 heterocycles. The number of rotatable bonds is 8. The summed E-state index contributed by atoms with van der Waals surface area (Å²) in [5.74, 6) is -0.209. The van der Waals surface area contributed by atoms with Gasteiger partial charge in [0.15, 0.2) is 5.12 Å². The maximum Gasteiger partial charge on any atom is 0.307 e. The second-order valence-corrected chi connectivity index (χ2v) is 6.05. The number of methoxy groups -OCH3 is 1. The van der Waals surface area contributed by atoms with E-state index in [0.29, 0.717) is 22.6 Å². The molecule has 1 aromatic carbocycles. The van der Waals surface area contributed by atoms with Crippen molar-refractivity contribution >= 4 is 22.8 Å². The van der Waals surface area contributed by atoms with Crippen molar-refractivity contribution in [3.05, 3.63) is 29.3 Å². The lowest BCUT2D eigenvalue weighted by Crippen LogP contribution is -2.19. The molecule has 6 nitrogen and oxygen atoms in total. The number of carboxylic acid groups (broad SMARTS) is 1. The molecule has 0 saturated heterocycles. The second kappa shape index (κ2) is 8.77. The average Bonchev–Trinajstić information content (AvgIpc) is 2.45. The van der Waals surface area contributed by atoms with E-state index in [4.69, 9.17) is 9.84 Å². The Labute approximate surface area is 133 Å². The normalized spacial score (nSPS) is 13.5. The summed E-state index contributed by atoms with van der Waals surface area (Å²) in [7, 11) is 1.41. The first-order valence-corrected chi connectivity index (χ1v) is 7.71. The van der Waals surface area contributed by atoms with Crippen LogP contribution in [0.4, 0.5) is 0 Å². The maximum atomic E-state index is 10.8. The molecule has 0 radical (unpaired) electrons. The summed E-state index contributed by atoms with van der Waals surface area (Å²) in [5.41, 5.74) is 0.930. The molecule has 2 atom stereocenters. The number of carbonyl (C=O) groups is 2. The summed E-state index contributed by atoms with van der Waals surface area (Å²) < 4.78 is 5.12. The van der Waals surface area contributed by atoms with E-state index >= 15 is 0 Å². The predicted molar refractivity (Wildman–Crippen MR) is 83.1 cm³/mol. The Morgan fingerprint density at radius 1 is 1.32 bits per heavy atom. The van der Waals surface area contributed by atoms with E-state index in [2.05, 4.69) is 0 Å². The van der Waals surface area contributed by atoms with Gasteiger partial charge >= 0.3 is 5.97 Å². The van der Waals surface area contributed by atoms with Gasteiger partial charge in [-0.2, -0.15) is 0 Å². The quantitative estimate of drug-likeness (QED) is 0.662. The lowest BCUT2D eigenvalue weighted by atomic mass is 9.99. The number of thioether (sulfide) groups is 1. The summed E-state index contributed by atoms with van der Waals surface area (Å²) in [6, 6.07) is 4.64. The minimum absolute atomic E-state index is 0.0404. The molecule has 0 aliphatic heterocycles. The molecule has 122 valence electrons. The minimum atomic E-state index is -1.12. The molecular formula is C15H20O6S. The Bertz CT molecular complexity index is 531. The van der Waals surface area contributed by atoms with E-state index in [-0.39, 0.29) is 18.0 Å². The first-order chi connectivity index (χ1) is 10.3. The van der Waals surface area contributed by atoms with Crippen LogP contribution in [0.25, 0.3) is 0 Å². The van der Waals surface area contributed by atoms with Crippen molar-refractivity contribution in [2.75, 3.05) is 12.9 Å². The van der Waals surface area contributed by atoms with Crippen molar-refractivity contribution in [2.45, 2.75) is 32.0 Å². The molecule has 0 aromatic heterocycles. The molecule has 1 rings (SSSR count). The van der Waals surface area contributed by atoms with Gasteiger partial charge in [0, 0.05) is 18.2 Å². The smallest absolute Gasteiger partial charge is 0.307 e. The van der Waals surface area contributed by atoms with Gasteiger partial charge in [0.2, 0.25) is 0 Å². The van der Waals surface area contributed by atoms with Crippen molar-refractivity contribution in [1.82, 2.24) is 0 Å². The number of carboxylic acids is 1. The number of ether oxygens (including phenoxy) is 1. The van der Waals surface area contributed by atoms with Gasteiger partial charge in [-0.25, -0.2) is 0 Å². The molecule has 0 fully saturated rings. The van der Waals surface area contributed by atoms with E-state index in [1.54, 1.807) is 12.1 Å². The van der Waals surface area contributed by atoms with E-state index in [1.165, 1.54) is 20.1 Å². The highest BCUT2D eigenvalue weighted by molar-refractivity contribution is 8.13. The molecule has 1 aromatic rings. The third-order valence-corrected chi connectivity index (χ3v) is 3.92. The predicted octanol–water partition coefficient (Wildman–Crippen LogP) is 1.39. The third-order valence-electron chi connectivity index (χ3n) is 3.08. The lowest BCUT2D eigenvalue weighted by molar-refractivity contribution is -0.136. The fraction of sp³-hybridized carbons (Fsp3) is 0.467. The molecule has 0 spiro atoms. The number of carbonyl (C=O) groups excluding carboxylic acids is 1. The summed E-state index contributed by atoms with van der Waals surface area (Å²) in [6.45, 7) is 1.44. The van der Waals surface area contributed by atoms with Crippen LogP contribution in [0.2, 0.25) is 0 Å². The zero-order valence-electron chi connectivity index (χ0n) is 12.5. The topological polar surface area (TPSA) is 104 Å². The fourth-order valence-corrected chi connectivity index (χ4v) is 2.60. The van der Waals surface area contributed by atoms with E-state index in [1.807, 2.05) is 0 Å². The Morgan fingerprint density at radius 3 is 2.55 bits per heavy atom. The number of hydrogen-bond acceptors (Lipinski definition) is 6. The minimum Gasteiger partial charge on any atom is -0.496 e. The van der Waals surface area contributed by atoms with Crippen LogP contribution >= 0.6 is 11.8 Å². The summed E-state index contributed by atoms with van der Waals surface area (Å²) in [6.07, 6.45) is -2.05. The van der Waals surface area contributed by atoms with Crippen molar-refractivity contribution in [3.63, 3.8) is 0 Å². The molecule has 0 aliphatic carbocycles. The standard InChI is InChI=1S/C15H20O6S/c1-9(16)22-6-5-12(17)15(20)11-4-3-10(8-14(18)19)13(7-11)21-2/h3-4,7,12,15,17,20H,5-6,8H2,1-2H3,(H,18,19). The van der Waals surface area contributed by atoms with Gasteiger partial charge in [0.1, 0.15) is 11.9 Å². The SMILES string of the molecule is COc1cc(C(O)C(O)CCSC(C)=O)ccc1CC(=O)O. The lowest BCUT2D eigenvalue weighted by Gasteiger charge is -2.19. The van der Waals surface area contributed by atoms with Gasteiger partial charge < -0.3 is 20.1 Å². The highest BCUT2D eigenvalue weighted by atomic mass is 32.2. The highest BCUT2D eigenvalue weighted by Gasteiger charge is 2.20. The van der Waals surface area contributed by atoms with Gasteiger partial charge in [-0.3, -0.25) is 9.59 Å². The fourth-order valence-electron chi connectivity index (χ4n) is 1.96. The van der Waals surface area contributed by atoms with Gasteiger partial charge in [-0.1, -0.05) is 23.9 Å². The number of aliphatic carboxylic acids is 1. The molecule has 3 N–H and O–H groups in total. The Kier molecular flexibility index (Phi) is 7.37. The van der Waals surface area contributed by atoms with Crippen LogP contribution in [0.5, 0.6) is 5.75 Å². The molecule has 0 aliphatic rings. The second-order valence-electron chi connectivity index (χ2n) is 4.78. The molecule has 2 unspecified atom stereocenters. The van der Waals surface area contributed by atoms with Crippen molar-refractivity contribution in [2.24, 2.45) is 0 Å². The summed E-state index contributed by atoms with van der Waals surface area (Å²) in [5, 5.41) is 28.9. The van der Waals surface area contributed by atoms with E-state index < -0.39 is 18.2 Å². The van der Waals surface area contributed by atoms with Crippen molar-refractivity contribution in [1.29, 1.82) is 0 Å². The summed E-state index contributed by atoms with van der Waals surface area (Å²) in [4.78, 5) is 21.6. The molecule has 0 amide bonds. The van der Waals surface area contributed by atoms with Crippen LogP contribution in [-0.4, -0.2) is 45.4 Å². The van der Waals surface area contributed by atoms with Crippen LogP contribution in [0, 0.1) is 0 Å². The number of aliphatic hydroxyl groups is 2. The number of aliphatic hydroxyl groups excluding tert-OH is 2. The zero-order chi connectivity index (χ0) is 16.7. The van der Waals surface area contributed by atoms with E-state index in [9.17, 15) is 19.8 Å². The monoisotopic (exact) mass is 328 g/mol. The maximum absolute atomic E-state index is 10.8. The van der Waals surface area contributed by atoms with Crippen LogP contribution in [0.15, 0.2) is 18.2 Å². The molecule has 7 heteroatoms. The van der Waals surface area contributed by atoms with Gasteiger partial charge in [0.05, 0.1) is 19.6 Å². The molecule has 0 bridgehead atoms. The first kappa shape index (κ1) is 18.5. The largest absolute Gasteiger partial charge is 0.496 e. The van der Waals surface area contributed by atoms with E-state index in [0.717, 1.165) is 11.8 Å². The summed E-state index contributed by atoms with van der Waals surface area (Å²) >= 11 is 1.09. The van der Waals surface area contributed by atoms with Crippen LogP contribution < -0.4 is 4.74 Å². The Balaban J connectivity index is 2.78.